The molecule has 2 heteroatoms. The van der Waals surface area contributed by atoms with E-state index in [0.717, 1.165) is 13.1 Å². The molecule has 2 aromatic carbocycles. The standard InChI is InChI=1S/C21H20N2/c1-22-13-17-12-15-6-2-3-8-19(15)21(17)20-9-5-4-7-18(20)16-10-11-23-14-16/h2-12,21-22H,13-14H2,1H3. The summed E-state index contributed by atoms with van der Waals surface area (Å²) in [6.45, 7) is 1.69. The van der Waals surface area contributed by atoms with Crippen molar-refractivity contribution < 1.29 is 0 Å². The molecule has 2 aliphatic rings. The van der Waals surface area contributed by atoms with Gasteiger partial charge in [0.15, 0.2) is 0 Å². The van der Waals surface area contributed by atoms with Crippen LogP contribution < -0.4 is 5.32 Å². The third-order valence-electron chi connectivity index (χ3n) is 4.66. The zero-order chi connectivity index (χ0) is 15.6. The Morgan fingerprint density at radius 1 is 1.04 bits per heavy atom. The molecule has 0 bridgehead atoms. The molecule has 2 aromatic rings. The number of nitrogens with zero attached hydrogens (tertiary/aromatic N) is 1. The summed E-state index contributed by atoms with van der Waals surface area (Å²) in [5, 5.41) is 3.33. The van der Waals surface area contributed by atoms with Crippen molar-refractivity contribution in [1.82, 2.24) is 5.32 Å². The van der Waals surface area contributed by atoms with E-state index in [0.29, 0.717) is 5.92 Å². The van der Waals surface area contributed by atoms with Crippen LogP contribution in [-0.4, -0.2) is 26.4 Å². The number of aliphatic imine (C=N–C) groups is 1. The molecule has 0 fully saturated rings. The molecule has 0 saturated heterocycles. The lowest BCUT2D eigenvalue weighted by Crippen LogP contribution is -2.15. The highest BCUT2D eigenvalue weighted by Crippen LogP contribution is 2.43. The van der Waals surface area contributed by atoms with E-state index in [1.165, 1.54) is 33.4 Å². The van der Waals surface area contributed by atoms with Crippen molar-refractivity contribution in [2.45, 2.75) is 5.92 Å². The zero-order valence-electron chi connectivity index (χ0n) is 13.3. The number of allylic oxidation sites excluding steroid dienone is 1. The van der Waals surface area contributed by atoms with Gasteiger partial charge in [-0.3, -0.25) is 4.99 Å². The topological polar surface area (TPSA) is 24.4 Å². The second-order valence-electron chi connectivity index (χ2n) is 6.08. The molecule has 0 spiro atoms. The van der Waals surface area contributed by atoms with Gasteiger partial charge in [0, 0.05) is 18.7 Å². The smallest absolute Gasteiger partial charge is 0.0646 e. The third kappa shape index (κ3) is 2.45. The average molecular weight is 300 g/mol. The van der Waals surface area contributed by atoms with Crippen molar-refractivity contribution in [3.8, 4) is 0 Å². The second-order valence-corrected chi connectivity index (χ2v) is 6.08. The third-order valence-corrected chi connectivity index (χ3v) is 4.66. The van der Waals surface area contributed by atoms with E-state index in [9.17, 15) is 0 Å². The van der Waals surface area contributed by atoms with Crippen LogP contribution in [0.2, 0.25) is 0 Å². The Kier molecular flexibility index (Phi) is 3.68. The average Bonchev–Trinajstić information content (AvgIpc) is 3.23. The van der Waals surface area contributed by atoms with Gasteiger partial charge in [-0.15, -0.1) is 0 Å². The summed E-state index contributed by atoms with van der Waals surface area (Å²) in [4.78, 5) is 4.36. The van der Waals surface area contributed by atoms with Gasteiger partial charge in [-0.05, 0) is 46.5 Å². The Bertz CT molecular complexity index is 827. The summed E-state index contributed by atoms with van der Waals surface area (Å²) in [6, 6.07) is 17.5. The fraction of sp³-hybridized carbons (Fsp3) is 0.190. The number of likely N-dealkylation sites (N-methyl/N-ethyl adjacent to an activating group) is 1. The molecule has 1 aliphatic carbocycles. The van der Waals surface area contributed by atoms with Crippen LogP contribution in [0.4, 0.5) is 0 Å². The Balaban J connectivity index is 1.85. The molecule has 1 aliphatic heterocycles. The molecule has 0 aromatic heterocycles. The van der Waals surface area contributed by atoms with Gasteiger partial charge in [-0.25, -0.2) is 0 Å². The van der Waals surface area contributed by atoms with Crippen LogP contribution in [0.3, 0.4) is 0 Å². The Hall–Kier alpha value is -2.45. The zero-order valence-corrected chi connectivity index (χ0v) is 13.3. The van der Waals surface area contributed by atoms with E-state index in [-0.39, 0.29) is 0 Å². The van der Waals surface area contributed by atoms with Gasteiger partial charge in [0.25, 0.3) is 0 Å². The van der Waals surface area contributed by atoms with Gasteiger partial charge >= 0.3 is 0 Å². The summed E-state index contributed by atoms with van der Waals surface area (Å²) in [5.74, 6) is 0.330. The highest BCUT2D eigenvalue weighted by Gasteiger charge is 2.28. The first-order chi connectivity index (χ1) is 11.4. The first-order valence-corrected chi connectivity index (χ1v) is 8.11. The second kappa shape index (κ2) is 5.98. The van der Waals surface area contributed by atoms with Crippen molar-refractivity contribution in [3.05, 3.63) is 82.4 Å². The van der Waals surface area contributed by atoms with E-state index in [1.807, 2.05) is 13.3 Å². The van der Waals surface area contributed by atoms with Gasteiger partial charge in [0.2, 0.25) is 0 Å². The number of nitrogens with one attached hydrogen (secondary N) is 1. The van der Waals surface area contributed by atoms with Crippen LogP contribution in [0.15, 0.2) is 65.2 Å². The fourth-order valence-electron chi connectivity index (χ4n) is 3.68. The Morgan fingerprint density at radius 2 is 1.83 bits per heavy atom. The van der Waals surface area contributed by atoms with Crippen molar-refractivity contribution in [1.29, 1.82) is 0 Å². The van der Waals surface area contributed by atoms with Crippen LogP contribution in [0.25, 0.3) is 11.6 Å². The van der Waals surface area contributed by atoms with Crippen molar-refractivity contribution >= 4 is 17.9 Å². The highest BCUT2D eigenvalue weighted by molar-refractivity contribution is 5.91. The van der Waals surface area contributed by atoms with Gasteiger partial charge in [-0.1, -0.05) is 54.6 Å². The maximum absolute atomic E-state index is 4.36. The number of hydrogen-bond donors (Lipinski definition) is 1. The molecule has 1 N–H and O–H groups in total. The summed E-state index contributed by atoms with van der Waals surface area (Å²) < 4.78 is 0. The Morgan fingerprint density at radius 3 is 2.61 bits per heavy atom. The number of hydrogen-bond acceptors (Lipinski definition) is 2. The minimum Gasteiger partial charge on any atom is -0.316 e. The summed E-state index contributed by atoms with van der Waals surface area (Å²) in [5.41, 5.74) is 8.21. The maximum atomic E-state index is 4.36. The van der Waals surface area contributed by atoms with Crippen molar-refractivity contribution in [2.75, 3.05) is 20.1 Å². The monoisotopic (exact) mass is 300 g/mol. The van der Waals surface area contributed by atoms with Crippen molar-refractivity contribution in [3.63, 3.8) is 0 Å². The van der Waals surface area contributed by atoms with E-state index in [4.69, 9.17) is 0 Å². The Labute approximate surface area is 137 Å². The lowest BCUT2D eigenvalue weighted by molar-refractivity contribution is 0.821. The van der Waals surface area contributed by atoms with Crippen molar-refractivity contribution in [2.24, 2.45) is 4.99 Å². The van der Waals surface area contributed by atoms with E-state index in [1.54, 1.807) is 0 Å². The molecule has 4 rings (SSSR count). The van der Waals surface area contributed by atoms with Gasteiger partial charge in [0.1, 0.15) is 0 Å². The molecule has 1 atom stereocenters. The SMILES string of the molecule is CNCC1=Cc2ccccc2C1c1ccccc1C1=CC=NC1. The fourth-order valence-corrected chi connectivity index (χ4v) is 3.68. The predicted octanol–water partition coefficient (Wildman–Crippen LogP) is 3.90. The van der Waals surface area contributed by atoms with E-state index < -0.39 is 0 Å². The van der Waals surface area contributed by atoms with Gasteiger partial charge in [-0.2, -0.15) is 0 Å². The lowest BCUT2D eigenvalue weighted by atomic mass is 9.83. The summed E-state index contributed by atoms with van der Waals surface area (Å²) in [6.07, 6.45) is 6.40. The van der Waals surface area contributed by atoms with Crippen LogP contribution in [-0.2, 0) is 0 Å². The van der Waals surface area contributed by atoms with Gasteiger partial charge < -0.3 is 5.32 Å². The highest BCUT2D eigenvalue weighted by atomic mass is 14.8. The summed E-state index contributed by atoms with van der Waals surface area (Å²) >= 11 is 0. The normalized spacial score (nSPS) is 18.7. The largest absolute Gasteiger partial charge is 0.316 e. The molecular weight excluding hydrogens is 280 g/mol. The molecule has 23 heavy (non-hydrogen) atoms. The number of fused-ring (bicyclic) bond motifs is 1. The number of rotatable bonds is 4. The lowest BCUT2D eigenvalue weighted by Gasteiger charge is -2.21. The maximum Gasteiger partial charge on any atom is 0.0646 e. The van der Waals surface area contributed by atoms with Crippen LogP contribution in [0.1, 0.15) is 28.2 Å². The molecule has 0 saturated carbocycles. The molecule has 114 valence electrons. The predicted molar refractivity (Wildman–Crippen MR) is 98.0 cm³/mol. The molecule has 1 unspecified atom stereocenters. The van der Waals surface area contributed by atoms with Crippen LogP contribution >= 0.6 is 0 Å². The first-order valence-electron chi connectivity index (χ1n) is 8.11. The minimum atomic E-state index is 0.330. The first kappa shape index (κ1) is 14.2. The molecule has 0 amide bonds. The van der Waals surface area contributed by atoms with E-state index in [2.05, 4.69) is 71.0 Å². The minimum absolute atomic E-state index is 0.330. The quantitative estimate of drug-likeness (QED) is 0.910. The van der Waals surface area contributed by atoms with Gasteiger partial charge in [0.05, 0.1) is 6.54 Å². The van der Waals surface area contributed by atoms with E-state index >= 15 is 0 Å². The molecular formula is C21H20N2. The summed E-state index contributed by atoms with van der Waals surface area (Å²) in [7, 11) is 2.01. The molecule has 0 radical (unpaired) electrons. The van der Waals surface area contributed by atoms with Crippen LogP contribution in [0, 0.1) is 0 Å². The van der Waals surface area contributed by atoms with Crippen LogP contribution in [0.5, 0.6) is 0 Å². The molecule has 2 nitrogen and oxygen atoms in total. The number of benzene rings is 2. The molecule has 1 heterocycles.